The third-order valence-electron chi connectivity index (χ3n) is 6.73. The molecule has 41 heavy (non-hydrogen) atoms. The van der Waals surface area contributed by atoms with Crippen LogP contribution in [0.4, 0.5) is 0 Å². The van der Waals surface area contributed by atoms with E-state index in [-0.39, 0.29) is 77.1 Å². The van der Waals surface area contributed by atoms with Gasteiger partial charge in [0, 0.05) is 64.1 Å². The van der Waals surface area contributed by atoms with Crippen LogP contribution in [0.15, 0.2) is 21.7 Å². The summed E-state index contributed by atoms with van der Waals surface area (Å²) in [5.41, 5.74) is -0.793. The monoisotopic (exact) mass is 574 g/mol. The number of fused-ring (bicyclic) bond motifs is 2. The van der Waals surface area contributed by atoms with Crippen molar-refractivity contribution >= 4 is 34.2 Å². The highest BCUT2D eigenvalue weighted by molar-refractivity contribution is 6.06. The summed E-state index contributed by atoms with van der Waals surface area (Å²) in [6, 6.07) is 2.55. The van der Waals surface area contributed by atoms with E-state index in [1.165, 1.54) is 25.3 Å². The first-order valence-electron chi connectivity index (χ1n) is 13.4. The molecule has 2 aromatic carbocycles. The number of carbonyl (C=O) groups is 1. The topological polar surface area (TPSA) is 212 Å². The lowest BCUT2D eigenvalue weighted by Crippen LogP contribution is -2.38. The summed E-state index contributed by atoms with van der Waals surface area (Å²) in [5, 5.41) is 53.5. The fourth-order valence-electron chi connectivity index (χ4n) is 4.51. The van der Waals surface area contributed by atoms with Crippen LogP contribution in [-0.4, -0.2) is 130 Å². The number of aromatic nitrogens is 2. The van der Waals surface area contributed by atoms with Crippen molar-refractivity contribution in [1.82, 2.24) is 30.4 Å². The number of phenols is 1. The third kappa shape index (κ3) is 7.75. The minimum Gasteiger partial charge on any atom is -0.507 e. The molecule has 14 heteroatoms. The molecule has 0 atom stereocenters. The highest BCUT2D eigenvalue weighted by atomic mass is 16.3. The van der Waals surface area contributed by atoms with Gasteiger partial charge in [-0.25, -0.2) is 4.98 Å². The number of nitrogens with one attached hydrogen (secondary N) is 3. The van der Waals surface area contributed by atoms with Crippen molar-refractivity contribution in [1.29, 1.82) is 0 Å². The lowest BCUT2D eigenvalue weighted by molar-refractivity contribution is 0.0945. The first kappa shape index (κ1) is 31.9. The molecule has 14 nitrogen and oxygen atoms in total. The van der Waals surface area contributed by atoms with E-state index < -0.39 is 16.8 Å². The smallest absolute Gasteiger partial charge is 0.253 e. The minimum absolute atomic E-state index is 0.0137. The van der Waals surface area contributed by atoms with Gasteiger partial charge in [0.15, 0.2) is 0 Å². The van der Waals surface area contributed by atoms with Crippen molar-refractivity contribution in [2.24, 2.45) is 0 Å². The van der Waals surface area contributed by atoms with Gasteiger partial charge < -0.3 is 41.2 Å². The Kier molecular flexibility index (Phi) is 11.9. The molecule has 1 amide bonds. The Hall–Kier alpha value is -3.66. The van der Waals surface area contributed by atoms with Gasteiger partial charge in [-0.3, -0.25) is 24.2 Å². The summed E-state index contributed by atoms with van der Waals surface area (Å²) >= 11 is 0. The molecule has 0 fully saturated rings. The number of aliphatic hydroxyl groups excluding tert-OH is 4. The highest BCUT2D eigenvalue weighted by Crippen LogP contribution is 2.17. The van der Waals surface area contributed by atoms with Gasteiger partial charge >= 0.3 is 0 Å². The molecule has 0 unspecified atom stereocenters. The van der Waals surface area contributed by atoms with Crippen LogP contribution >= 0.6 is 0 Å². The first-order valence-corrected chi connectivity index (χ1v) is 13.4. The summed E-state index contributed by atoms with van der Waals surface area (Å²) in [6.07, 6.45) is 1.48. The molecular formula is C27H38N6O8. The molecule has 0 bridgehead atoms. The number of phenolic OH excluding ortho intramolecular Hbond substituents is 1. The van der Waals surface area contributed by atoms with Crippen molar-refractivity contribution in [3.63, 3.8) is 0 Å². The van der Waals surface area contributed by atoms with Crippen molar-refractivity contribution in [2.75, 3.05) is 78.8 Å². The highest BCUT2D eigenvalue weighted by Gasteiger charge is 2.19. The van der Waals surface area contributed by atoms with Crippen LogP contribution in [0.3, 0.4) is 0 Å². The molecular weight excluding hydrogens is 536 g/mol. The number of hydrogen-bond donors (Lipinski definition) is 8. The molecule has 0 aliphatic rings. The molecule has 224 valence electrons. The predicted molar refractivity (Wildman–Crippen MR) is 154 cm³/mol. The van der Waals surface area contributed by atoms with Gasteiger partial charge in [0.1, 0.15) is 22.3 Å². The third-order valence-corrected chi connectivity index (χ3v) is 6.73. The zero-order chi connectivity index (χ0) is 29.9. The fourth-order valence-corrected chi connectivity index (χ4v) is 4.51. The number of hydrogen-bond acceptors (Lipinski definition) is 12. The number of benzene rings is 2. The van der Waals surface area contributed by atoms with E-state index in [0.29, 0.717) is 45.8 Å². The Labute approximate surface area is 235 Å². The largest absolute Gasteiger partial charge is 0.507 e. The molecule has 0 saturated heterocycles. The second-order valence-electron chi connectivity index (χ2n) is 9.44. The molecule has 3 aromatic rings. The van der Waals surface area contributed by atoms with Crippen molar-refractivity contribution in [2.45, 2.75) is 6.92 Å². The number of aromatic hydroxyl groups is 1. The Balaban J connectivity index is 1.98. The van der Waals surface area contributed by atoms with Crippen LogP contribution in [-0.2, 0) is 0 Å². The number of rotatable bonds is 16. The van der Waals surface area contributed by atoms with E-state index in [0.717, 1.165) is 0 Å². The average Bonchev–Trinajstić information content (AvgIpc) is 2.95. The lowest BCUT2D eigenvalue weighted by Gasteiger charge is -2.20. The van der Waals surface area contributed by atoms with Gasteiger partial charge in [-0.05, 0) is 19.1 Å². The van der Waals surface area contributed by atoms with E-state index in [9.17, 15) is 29.7 Å². The van der Waals surface area contributed by atoms with Gasteiger partial charge in [-0.2, -0.15) is 0 Å². The van der Waals surface area contributed by atoms with Crippen molar-refractivity contribution in [3.05, 3.63) is 48.9 Å². The second-order valence-corrected chi connectivity index (χ2v) is 9.44. The van der Waals surface area contributed by atoms with Crippen molar-refractivity contribution in [3.8, 4) is 5.75 Å². The maximum absolute atomic E-state index is 13.1. The van der Waals surface area contributed by atoms with Crippen LogP contribution in [0.25, 0.3) is 28.3 Å². The maximum Gasteiger partial charge on any atom is 0.253 e. The Morgan fingerprint density at radius 2 is 1.46 bits per heavy atom. The summed E-state index contributed by atoms with van der Waals surface area (Å²) in [6.45, 7) is 4.05. The maximum atomic E-state index is 13.1. The van der Waals surface area contributed by atoms with Gasteiger partial charge in [0.2, 0.25) is 10.9 Å². The number of H-pyrrole nitrogens is 1. The summed E-state index contributed by atoms with van der Waals surface area (Å²) in [5.74, 6) is -0.804. The van der Waals surface area contributed by atoms with Crippen LogP contribution < -0.4 is 26.7 Å². The van der Waals surface area contributed by atoms with E-state index in [2.05, 4.69) is 20.6 Å². The summed E-state index contributed by atoms with van der Waals surface area (Å²) < 4.78 is 0. The normalized spacial score (nSPS) is 12.2. The predicted octanol–water partition coefficient (Wildman–Crippen LogP) is -3.20. The molecule has 0 saturated carbocycles. The van der Waals surface area contributed by atoms with Crippen LogP contribution in [0, 0.1) is 6.92 Å². The Morgan fingerprint density at radius 3 is 2.05 bits per heavy atom. The number of carbonyl (C=O) groups excluding carboxylic acids is 1. The number of amides is 1. The molecule has 0 aliphatic heterocycles. The zero-order valence-corrected chi connectivity index (χ0v) is 23.0. The van der Waals surface area contributed by atoms with Gasteiger partial charge in [-0.15, -0.1) is 0 Å². The molecule has 0 aliphatic carbocycles. The van der Waals surface area contributed by atoms with Crippen LogP contribution in [0.5, 0.6) is 5.75 Å². The van der Waals surface area contributed by atoms with Gasteiger partial charge in [0.25, 0.3) is 5.91 Å². The quantitative estimate of drug-likeness (QED) is 0.0628. The minimum atomic E-state index is -0.535. The van der Waals surface area contributed by atoms with Gasteiger partial charge in [0.05, 0.1) is 42.7 Å². The van der Waals surface area contributed by atoms with Crippen LogP contribution in [0.2, 0.25) is 0 Å². The first-order chi connectivity index (χ1) is 19.8. The Morgan fingerprint density at radius 1 is 0.878 bits per heavy atom. The van der Waals surface area contributed by atoms with Gasteiger partial charge in [-0.1, -0.05) is 0 Å². The summed E-state index contributed by atoms with van der Waals surface area (Å²) in [7, 11) is 0. The standard InChI is InChI=1S/C27H38N6O8/c1-17-25(39)19(16-28-4-6-32(8-12-34)9-13-35)22-24(26(17)40)31-21-18(2-3-20(38)23(21)30-22)27(41)29-5-7-33(10-14-36)11-15-37/h2-3,16,28,31,34-37,39H,4-15H2,1H3,(H,29,41). The number of aromatic amines is 1. The average molecular weight is 575 g/mol. The van der Waals surface area contributed by atoms with Crippen molar-refractivity contribution < 1.29 is 30.3 Å². The molecule has 0 spiro atoms. The zero-order valence-electron chi connectivity index (χ0n) is 23.0. The Bertz CT molecular complexity index is 1500. The lowest BCUT2D eigenvalue weighted by atomic mass is 10.1. The fraction of sp³-hybridized carbons (Fsp3) is 0.481. The molecule has 1 heterocycles. The number of nitrogens with zero attached hydrogens (tertiary/aromatic N) is 3. The SMILES string of the molecule is Cc1c(O)c(=CNCCN(CCO)CCO)c2nc3c(=O)ccc(C(=O)NCCN(CCO)CCO)c3[nH]c2c1=O. The number of aliphatic hydroxyl groups is 4. The van der Waals surface area contributed by atoms with E-state index in [4.69, 9.17) is 10.2 Å². The van der Waals surface area contributed by atoms with Crippen LogP contribution in [0.1, 0.15) is 15.9 Å². The molecule has 1 aromatic heterocycles. The van der Waals surface area contributed by atoms with E-state index in [1.54, 1.807) is 4.90 Å². The summed E-state index contributed by atoms with van der Waals surface area (Å²) in [4.78, 5) is 49.9. The van der Waals surface area contributed by atoms with E-state index in [1.807, 2.05) is 4.90 Å². The molecule has 8 N–H and O–H groups in total. The molecule has 0 radical (unpaired) electrons. The van der Waals surface area contributed by atoms with E-state index >= 15 is 0 Å². The molecule has 3 rings (SSSR count). The second kappa shape index (κ2) is 15.4.